The lowest BCUT2D eigenvalue weighted by molar-refractivity contribution is -0.0473. The summed E-state index contributed by atoms with van der Waals surface area (Å²) < 4.78 is 5.70. The molecule has 3 nitrogen and oxygen atoms in total. The molecule has 1 aromatic rings. The second kappa shape index (κ2) is 6.07. The average molecular weight is 299 g/mol. The summed E-state index contributed by atoms with van der Waals surface area (Å²) in [6, 6.07) is 5.87. The maximum atomic E-state index is 6.11. The average Bonchev–Trinajstić information content (AvgIpc) is 2.32. The minimum atomic E-state index is 0.199. The highest BCUT2D eigenvalue weighted by Crippen LogP contribution is 2.21. The fraction of sp³-hybridized carbons (Fsp3) is 0.500. The smallest absolute Gasteiger partial charge is 0.173 e. The van der Waals surface area contributed by atoms with Crippen molar-refractivity contribution < 1.29 is 4.74 Å². The van der Waals surface area contributed by atoms with Crippen LogP contribution in [-0.2, 0) is 4.74 Å². The molecule has 1 aliphatic heterocycles. The molecule has 0 bridgehead atoms. The normalized spacial score (nSPS) is 23.3. The van der Waals surface area contributed by atoms with Crippen molar-refractivity contribution in [2.45, 2.75) is 33.0 Å². The third-order valence-corrected chi connectivity index (χ3v) is 3.90. The van der Waals surface area contributed by atoms with E-state index < -0.39 is 0 Å². The first-order valence-corrected chi connectivity index (χ1v) is 7.22. The molecule has 5 heteroatoms. The Morgan fingerprint density at radius 3 is 2.58 bits per heavy atom. The first-order valence-electron chi connectivity index (χ1n) is 6.43. The van der Waals surface area contributed by atoms with E-state index in [1.807, 2.05) is 25.1 Å². The van der Waals surface area contributed by atoms with Gasteiger partial charge in [0.25, 0.3) is 0 Å². The van der Waals surface area contributed by atoms with Gasteiger partial charge in [0.05, 0.1) is 12.2 Å². The molecule has 1 saturated heterocycles. The Morgan fingerprint density at radius 2 is 2.00 bits per heavy atom. The molecule has 1 N–H and O–H groups in total. The molecular formula is C14H19ClN2OS. The molecule has 1 aromatic carbocycles. The molecule has 2 atom stereocenters. The summed E-state index contributed by atoms with van der Waals surface area (Å²) in [5.74, 6) is 0. The van der Waals surface area contributed by atoms with Gasteiger partial charge in [0.15, 0.2) is 5.11 Å². The Labute approximate surface area is 124 Å². The zero-order chi connectivity index (χ0) is 14.0. The highest BCUT2D eigenvalue weighted by molar-refractivity contribution is 7.80. The van der Waals surface area contributed by atoms with E-state index in [2.05, 4.69) is 24.1 Å². The van der Waals surface area contributed by atoms with Crippen molar-refractivity contribution in [1.82, 2.24) is 4.90 Å². The van der Waals surface area contributed by atoms with Crippen LogP contribution in [0.5, 0.6) is 0 Å². The first kappa shape index (κ1) is 14.6. The predicted octanol–water partition coefficient (Wildman–Crippen LogP) is 3.45. The van der Waals surface area contributed by atoms with Gasteiger partial charge in [-0.15, -0.1) is 0 Å². The molecule has 0 aliphatic carbocycles. The lowest BCUT2D eigenvalue weighted by Gasteiger charge is -2.36. The Bertz CT molecular complexity index is 471. The molecule has 0 saturated carbocycles. The summed E-state index contributed by atoms with van der Waals surface area (Å²) in [5, 5.41) is 4.71. The van der Waals surface area contributed by atoms with Crippen LogP contribution in [0, 0.1) is 6.92 Å². The standard InChI is InChI=1S/C14H19ClN2OS/c1-9-4-5-12(6-13(9)15)16-14(19)17-7-10(2)18-11(3)8-17/h4-6,10-11H,7-8H2,1-3H3,(H,16,19). The molecule has 0 spiro atoms. The third kappa shape index (κ3) is 3.81. The number of hydrogen-bond donors (Lipinski definition) is 1. The van der Waals surface area contributed by atoms with E-state index in [1.54, 1.807) is 0 Å². The molecule has 2 rings (SSSR count). The van der Waals surface area contributed by atoms with E-state index in [4.69, 9.17) is 28.6 Å². The van der Waals surface area contributed by atoms with E-state index in [0.29, 0.717) is 0 Å². The van der Waals surface area contributed by atoms with Gasteiger partial charge < -0.3 is 15.0 Å². The summed E-state index contributed by atoms with van der Waals surface area (Å²) in [4.78, 5) is 2.14. The second-order valence-corrected chi connectivity index (χ2v) is 5.85. The summed E-state index contributed by atoms with van der Waals surface area (Å²) in [5.41, 5.74) is 1.99. The molecule has 2 unspecified atom stereocenters. The molecule has 0 amide bonds. The maximum Gasteiger partial charge on any atom is 0.173 e. The van der Waals surface area contributed by atoms with Crippen LogP contribution in [0.15, 0.2) is 18.2 Å². The van der Waals surface area contributed by atoms with E-state index in [0.717, 1.165) is 34.5 Å². The van der Waals surface area contributed by atoms with E-state index in [9.17, 15) is 0 Å². The van der Waals surface area contributed by atoms with E-state index >= 15 is 0 Å². The Balaban J connectivity index is 2.02. The molecule has 1 fully saturated rings. The highest BCUT2D eigenvalue weighted by atomic mass is 35.5. The van der Waals surface area contributed by atoms with Crippen LogP contribution in [0.25, 0.3) is 0 Å². The van der Waals surface area contributed by atoms with Gasteiger partial charge in [-0.3, -0.25) is 0 Å². The largest absolute Gasteiger partial charge is 0.372 e. The Morgan fingerprint density at radius 1 is 1.37 bits per heavy atom. The van der Waals surface area contributed by atoms with Crippen LogP contribution in [0.1, 0.15) is 19.4 Å². The fourth-order valence-corrected chi connectivity index (χ4v) is 2.66. The van der Waals surface area contributed by atoms with Crippen molar-refractivity contribution in [2.75, 3.05) is 18.4 Å². The number of hydrogen-bond acceptors (Lipinski definition) is 2. The number of benzene rings is 1. The Kier molecular flexibility index (Phi) is 4.66. The second-order valence-electron chi connectivity index (χ2n) is 5.06. The highest BCUT2D eigenvalue weighted by Gasteiger charge is 2.23. The number of nitrogens with zero attached hydrogens (tertiary/aromatic N) is 1. The van der Waals surface area contributed by atoms with Crippen molar-refractivity contribution in [2.24, 2.45) is 0 Å². The monoisotopic (exact) mass is 298 g/mol. The summed E-state index contributed by atoms with van der Waals surface area (Å²) in [6.07, 6.45) is 0.398. The minimum Gasteiger partial charge on any atom is -0.372 e. The molecular weight excluding hydrogens is 280 g/mol. The molecule has 104 valence electrons. The Hall–Kier alpha value is -0.840. The quantitative estimate of drug-likeness (QED) is 0.803. The molecule has 1 aliphatic rings. The van der Waals surface area contributed by atoms with Crippen LogP contribution in [-0.4, -0.2) is 35.3 Å². The van der Waals surface area contributed by atoms with Gasteiger partial charge in [-0.05, 0) is 50.7 Å². The molecule has 0 radical (unpaired) electrons. The van der Waals surface area contributed by atoms with Crippen LogP contribution < -0.4 is 5.32 Å². The minimum absolute atomic E-state index is 0.199. The van der Waals surface area contributed by atoms with Gasteiger partial charge in [-0.2, -0.15) is 0 Å². The number of halogens is 1. The zero-order valence-corrected chi connectivity index (χ0v) is 13.0. The first-order chi connectivity index (χ1) is 8.95. The number of nitrogens with one attached hydrogen (secondary N) is 1. The number of rotatable bonds is 1. The third-order valence-electron chi connectivity index (χ3n) is 3.13. The lowest BCUT2D eigenvalue weighted by Crippen LogP contribution is -2.49. The molecule has 0 aromatic heterocycles. The summed E-state index contributed by atoms with van der Waals surface area (Å²) in [6.45, 7) is 7.74. The van der Waals surface area contributed by atoms with Crippen LogP contribution >= 0.6 is 23.8 Å². The molecule has 1 heterocycles. The van der Waals surface area contributed by atoms with E-state index in [-0.39, 0.29) is 12.2 Å². The lowest BCUT2D eigenvalue weighted by atomic mass is 10.2. The van der Waals surface area contributed by atoms with Gasteiger partial charge in [0.1, 0.15) is 0 Å². The van der Waals surface area contributed by atoms with Crippen LogP contribution in [0.2, 0.25) is 5.02 Å². The van der Waals surface area contributed by atoms with Crippen molar-refractivity contribution in [1.29, 1.82) is 0 Å². The zero-order valence-electron chi connectivity index (χ0n) is 11.4. The molecule has 19 heavy (non-hydrogen) atoms. The van der Waals surface area contributed by atoms with Crippen LogP contribution in [0.3, 0.4) is 0 Å². The van der Waals surface area contributed by atoms with Crippen molar-refractivity contribution >= 4 is 34.6 Å². The number of ether oxygens (including phenoxy) is 1. The van der Waals surface area contributed by atoms with Gasteiger partial charge in [0, 0.05) is 23.8 Å². The number of morpholine rings is 1. The SMILES string of the molecule is Cc1ccc(NC(=S)N2CC(C)OC(C)C2)cc1Cl. The van der Waals surface area contributed by atoms with Crippen LogP contribution in [0.4, 0.5) is 5.69 Å². The van der Waals surface area contributed by atoms with E-state index in [1.165, 1.54) is 0 Å². The van der Waals surface area contributed by atoms with Gasteiger partial charge in [0.2, 0.25) is 0 Å². The number of anilines is 1. The summed E-state index contributed by atoms with van der Waals surface area (Å²) in [7, 11) is 0. The number of aryl methyl sites for hydroxylation is 1. The van der Waals surface area contributed by atoms with Gasteiger partial charge >= 0.3 is 0 Å². The van der Waals surface area contributed by atoms with Crippen molar-refractivity contribution in [3.8, 4) is 0 Å². The predicted molar refractivity (Wildman–Crippen MR) is 84.0 cm³/mol. The van der Waals surface area contributed by atoms with Crippen molar-refractivity contribution in [3.05, 3.63) is 28.8 Å². The van der Waals surface area contributed by atoms with Crippen molar-refractivity contribution in [3.63, 3.8) is 0 Å². The van der Waals surface area contributed by atoms with Gasteiger partial charge in [-0.25, -0.2) is 0 Å². The number of thiocarbonyl (C=S) groups is 1. The fourth-order valence-electron chi connectivity index (χ4n) is 2.22. The van der Waals surface area contributed by atoms with Gasteiger partial charge in [-0.1, -0.05) is 17.7 Å². The summed E-state index contributed by atoms with van der Waals surface area (Å²) >= 11 is 11.6. The maximum absolute atomic E-state index is 6.11. The topological polar surface area (TPSA) is 24.5 Å².